The van der Waals surface area contributed by atoms with Gasteiger partial charge in [0.05, 0.1) is 17.0 Å². The van der Waals surface area contributed by atoms with Gasteiger partial charge in [0.25, 0.3) is 11.8 Å². The number of nitrogens with zero attached hydrogens (tertiary/aromatic N) is 3. The quantitative estimate of drug-likeness (QED) is 0.677. The molecule has 1 atom stereocenters. The molecule has 2 N–H and O–H groups in total. The standard InChI is InChI=1S/C25H32N4O4S/c1-16(2)33-20-7-5-18(6-8-20)24(31)28-12-9-17(10-13-28)23-27-21(15-34-23)25(32)29-11-3-4-19(14-29)22(26)30/h5-8,15-17,19H,3-4,9-14H2,1-2H3,(H2,26,30). The fourth-order valence-electron chi connectivity index (χ4n) is 4.59. The molecule has 3 amide bonds. The van der Waals surface area contributed by atoms with Crippen LogP contribution in [0, 0.1) is 5.92 Å². The number of piperidine rings is 2. The van der Waals surface area contributed by atoms with E-state index in [1.165, 1.54) is 11.3 Å². The van der Waals surface area contributed by atoms with Gasteiger partial charge in [-0.05, 0) is 63.8 Å². The Bertz CT molecular complexity index is 1030. The largest absolute Gasteiger partial charge is 0.491 e. The molecule has 2 fully saturated rings. The van der Waals surface area contributed by atoms with E-state index in [1.807, 2.05) is 48.4 Å². The molecule has 2 aliphatic heterocycles. The zero-order chi connectivity index (χ0) is 24.2. The molecule has 0 spiro atoms. The minimum Gasteiger partial charge on any atom is -0.491 e. The number of thiazole rings is 1. The molecule has 9 heteroatoms. The number of rotatable bonds is 6. The summed E-state index contributed by atoms with van der Waals surface area (Å²) in [6.45, 7) is 6.24. The van der Waals surface area contributed by atoms with E-state index >= 15 is 0 Å². The number of primary amides is 1. The van der Waals surface area contributed by atoms with Crippen molar-refractivity contribution in [3.8, 4) is 5.75 Å². The second-order valence-electron chi connectivity index (χ2n) is 9.32. The van der Waals surface area contributed by atoms with Crippen LogP contribution in [0.1, 0.15) is 71.3 Å². The van der Waals surface area contributed by atoms with Crippen molar-refractivity contribution >= 4 is 29.1 Å². The molecule has 1 unspecified atom stereocenters. The lowest BCUT2D eigenvalue weighted by molar-refractivity contribution is -0.123. The summed E-state index contributed by atoms with van der Waals surface area (Å²) in [5.41, 5.74) is 6.54. The van der Waals surface area contributed by atoms with Crippen molar-refractivity contribution < 1.29 is 19.1 Å². The van der Waals surface area contributed by atoms with Crippen LogP contribution in [0.2, 0.25) is 0 Å². The first-order valence-electron chi connectivity index (χ1n) is 11.9. The highest BCUT2D eigenvalue weighted by atomic mass is 32.1. The van der Waals surface area contributed by atoms with E-state index in [9.17, 15) is 14.4 Å². The van der Waals surface area contributed by atoms with Crippen LogP contribution in [0.3, 0.4) is 0 Å². The van der Waals surface area contributed by atoms with Gasteiger partial charge in [-0.1, -0.05) is 0 Å². The summed E-state index contributed by atoms with van der Waals surface area (Å²) in [7, 11) is 0. The molecule has 1 aromatic heterocycles. The highest BCUT2D eigenvalue weighted by Crippen LogP contribution is 2.31. The Balaban J connectivity index is 1.32. The van der Waals surface area contributed by atoms with Gasteiger partial charge in [-0.25, -0.2) is 4.98 Å². The molecule has 8 nitrogen and oxygen atoms in total. The van der Waals surface area contributed by atoms with E-state index in [2.05, 4.69) is 4.98 Å². The van der Waals surface area contributed by atoms with Crippen molar-refractivity contribution in [3.05, 3.63) is 45.9 Å². The molecule has 182 valence electrons. The van der Waals surface area contributed by atoms with Crippen LogP contribution in [0.4, 0.5) is 0 Å². The maximum atomic E-state index is 12.9. The topological polar surface area (TPSA) is 106 Å². The van der Waals surface area contributed by atoms with Gasteiger partial charge in [-0.3, -0.25) is 14.4 Å². The maximum Gasteiger partial charge on any atom is 0.273 e. The first-order chi connectivity index (χ1) is 16.3. The Kier molecular flexibility index (Phi) is 7.50. The van der Waals surface area contributed by atoms with E-state index in [0.29, 0.717) is 37.4 Å². The van der Waals surface area contributed by atoms with Crippen molar-refractivity contribution in [2.75, 3.05) is 26.2 Å². The van der Waals surface area contributed by atoms with Crippen LogP contribution in [-0.4, -0.2) is 64.8 Å². The highest BCUT2D eigenvalue weighted by molar-refractivity contribution is 7.09. The molecule has 2 saturated heterocycles. The van der Waals surface area contributed by atoms with Crippen LogP contribution in [0.25, 0.3) is 0 Å². The smallest absolute Gasteiger partial charge is 0.273 e. The second-order valence-corrected chi connectivity index (χ2v) is 10.2. The molecule has 3 heterocycles. The van der Waals surface area contributed by atoms with Gasteiger partial charge in [0.15, 0.2) is 0 Å². The number of nitrogens with two attached hydrogens (primary N) is 1. The third-order valence-electron chi connectivity index (χ3n) is 6.46. The Hall–Kier alpha value is -2.94. The van der Waals surface area contributed by atoms with Gasteiger partial charge in [-0.15, -0.1) is 11.3 Å². The minimum atomic E-state index is -0.349. The Morgan fingerprint density at radius 1 is 1.03 bits per heavy atom. The summed E-state index contributed by atoms with van der Waals surface area (Å²) in [5, 5.41) is 2.75. The van der Waals surface area contributed by atoms with E-state index in [-0.39, 0.29) is 35.7 Å². The third-order valence-corrected chi connectivity index (χ3v) is 7.46. The maximum absolute atomic E-state index is 12.9. The summed E-state index contributed by atoms with van der Waals surface area (Å²) in [5.74, 6) is 0.255. The van der Waals surface area contributed by atoms with Crippen LogP contribution in [0.5, 0.6) is 5.75 Å². The lowest BCUT2D eigenvalue weighted by Gasteiger charge is -2.31. The van der Waals surface area contributed by atoms with Gasteiger partial charge < -0.3 is 20.3 Å². The van der Waals surface area contributed by atoms with Crippen LogP contribution >= 0.6 is 11.3 Å². The zero-order valence-corrected chi connectivity index (χ0v) is 20.6. The molecule has 0 bridgehead atoms. The van der Waals surface area contributed by atoms with E-state index in [1.54, 1.807) is 4.90 Å². The SMILES string of the molecule is CC(C)Oc1ccc(C(=O)N2CCC(c3nc(C(=O)N4CCCC(C(N)=O)C4)cs3)CC2)cc1. The number of hydrogen-bond acceptors (Lipinski definition) is 6. The average molecular weight is 485 g/mol. The number of benzene rings is 1. The summed E-state index contributed by atoms with van der Waals surface area (Å²) in [4.78, 5) is 45.5. The van der Waals surface area contributed by atoms with Crippen molar-refractivity contribution in [3.63, 3.8) is 0 Å². The molecule has 2 aliphatic rings. The molecule has 0 saturated carbocycles. The van der Waals surface area contributed by atoms with Gasteiger partial charge in [-0.2, -0.15) is 0 Å². The van der Waals surface area contributed by atoms with E-state index < -0.39 is 0 Å². The van der Waals surface area contributed by atoms with Crippen molar-refractivity contribution in [2.45, 2.75) is 51.6 Å². The van der Waals surface area contributed by atoms with Crippen LogP contribution in [0.15, 0.2) is 29.6 Å². The molecule has 0 aliphatic carbocycles. The number of aromatic nitrogens is 1. The Morgan fingerprint density at radius 3 is 2.38 bits per heavy atom. The summed E-state index contributed by atoms with van der Waals surface area (Å²) >= 11 is 1.50. The average Bonchev–Trinajstić information content (AvgIpc) is 3.34. The van der Waals surface area contributed by atoms with Gasteiger partial charge >= 0.3 is 0 Å². The van der Waals surface area contributed by atoms with Crippen LogP contribution in [-0.2, 0) is 4.79 Å². The number of carbonyl (C=O) groups excluding carboxylic acids is 3. The fourth-order valence-corrected chi connectivity index (χ4v) is 5.55. The Labute approximate surface area is 204 Å². The van der Waals surface area contributed by atoms with Crippen molar-refractivity contribution in [2.24, 2.45) is 11.7 Å². The molecule has 1 aromatic carbocycles. The van der Waals surface area contributed by atoms with E-state index in [0.717, 1.165) is 36.4 Å². The normalized spacial score (nSPS) is 19.3. The second kappa shape index (κ2) is 10.5. The molecular weight excluding hydrogens is 452 g/mol. The van der Waals surface area contributed by atoms with Crippen molar-refractivity contribution in [1.29, 1.82) is 0 Å². The van der Waals surface area contributed by atoms with Gasteiger partial charge in [0.2, 0.25) is 5.91 Å². The highest BCUT2D eigenvalue weighted by Gasteiger charge is 2.30. The number of likely N-dealkylation sites (tertiary alicyclic amines) is 2. The number of amides is 3. The minimum absolute atomic E-state index is 0.0265. The lowest BCUT2D eigenvalue weighted by atomic mass is 9.96. The lowest BCUT2D eigenvalue weighted by Crippen LogP contribution is -2.44. The van der Waals surface area contributed by atoms with Crippen LogP contribution < -0.4 is 10.5 Å². The zero-order valence-electron chi connectivity index (χ0n) is 19.7. The number of ether oxygens (including phenoxy) is 1. The van der Waals surface area contributed by atoms with Gasteiger partial charge in [0.1, 0.15) is 11.4 Å². The first-order valence-corrected chi connectivity index (χ1v) is 12.8. The molecule has 34 heavy (non-hydrogen) atoms. The predicted octanol–water partition coefficient (Wildman–Crippen LogP) is 3.29. The molecular formula is C25H32N4O4S. The summed E-state index contributed by atoms with van der Waals surface area (Å²) < 4.78 is 5.65. The monoisotopic (exact) mass is 484 g/mol. The molecule has 2 aromatic rings. The summed E-state index contributed by atoms with van der Waals surface area (Å²) in [6.07, 6.45) is 3.23. The Morgan fingerprint density at radius 2 is 1.74 bits per heavy atom. The molecule has 4 rings (SSSR count). The summed E-state index contributed by atoms with van der Waals surface area (Å²) in [6, 6.07) is 7.30. The third kappa shape index (κ3) is 5.58. The predicted molar refractivity (Wildman–Crippen MR) is 130 cm³/mol. The number of hydrogen-bond donors (Lipinski definition) is 1. The number of carbonyl (C=O) groups is 3. The van der Waals surface area contributed by atoms with E-state index in [4.69, 9.17) is 10.5 Å². The fraction of sp³-hybridized carbons (Fsp3) is 0.520. The van der Waals surface area contributed by atoms with Crippen molar-refractivity contribution in [1.82, 2.24) is 14.8 Å². The van der Waals surface area contributed by atoms with Gasteiger partial charge in [0, 0.05) is 43.0 Å². The first kappa shape index (κ1) is 24.2. The molecule has 0 radical (unpaired) electrons.